The quantitative estimate of drug-likeness (QED) is 0.827. The van der Waals surface area contributed by atoms with Crippen LogP contribution in [0.1, 0.15) is 62.5 Å². The highest BCUT2D eigenvalue weighted by molar-refractivity contribution is 6.02. The molecule has 1 aromatic carbocycles. The number of nitrogens with one attached hydrogen (secondary N) is 2. The average molecular weight is 337 g/mol. The third-order valence-corrected chi connectivity index (χ3v) is 4.73. The Bertz CT molecular complexity index is 708. The summed E-state index contributed by atoms with van der Waals surface area (Å²) in [7, 11) is 0. The van der Waals surface area contributed by atoms with Gasteiger partial charge in [0.15, 0.2) is 0 Å². The number of hydrogen-bond acceptors (Lipinski definition) is 3. The minimum atomic E-state index is -0.184. The molecule has 1 saturated carbocycles. The van der Waals surface area contributed by atoms with Crippen LogP contribution >= 0.6 is 0 Å². The molecule has 1 heterocycles. The minimum absolute atomic E-state index is 0.103. The summed E-state index contributed by atoms with van der Waals surface area (Å²) in [6, 6.07) is 12.2. The molecule has 0 atom stereocenters. The van der Waals surface area contributed by atoms with Crippen LogP contribution in [0.4, 0.5) is 11.4 Å². The lowest BCUT2D eigenvalue weighted by molar-refractivity contribution is 0.102. The third-order valence-electron chi connectivity index (χ3n) is 4.73. The van der Waals surface area contributed by atoms with E-state index in [9.17, 15) is 4.79 Å². The zero-order chi connectivity index (χ0) is 17.9. The Labute approximate surface area is 150 Å². The molecule has 132 valence electrons. The first kappa shape index (κ1) is 17.5. The van der Waals surface area contributed by atoms with Crippen molar-refractivity contribution in [2.45, 2.75) is 57.9 Å². The average Bonchev–Trinajstić information content (AvgIpc) is 3.08. The van der Waals surface area contributed by atoms with Crippen LogP contribution in [-0.2, 0) is 5.41 Å². The monoisotopic (exact) mass is 337 g/mol. The summed E-state index contributed by atoms with van der Waals surface area (Å²) in [5.41, 5.74) is 3.54. The number of hydrogen-bond donors (Lipinski definition) is 2. The highest BCUT2D eigenvalue weighted by Crippen LogP contribution is 2.24. The van der Waals surface area contributed by atoms with E-state index in [1.165, 1.54) is 31.2 Å². The summed E-state index contributed by atoms with van der Waals surface area (Å²) in [6.45, 7) is 6.52. The molecule has 1 amide bonds. The summed E-state index contributed by atoms with van der Waals surface area (Å²) >= 11 is 0. The first-order chi connectivity index (χ1) is 11.9. The normalized spacial score (nSPS) is 15.2. The van der Waals surface area contributed by atoms with Gasteiger partial charge in [0.2, 0.25) is 0 Å². The first-order valence-electron chi connectivity index (χ1n) is 9.06. The summed E-state index contributed by atoms with van der Waals surface area (Å²) < 4.78 is 0. The molecule has 25 heavy (non-hydrogen) atoms. The Morgan fingerprint density at radius 1 is 1.00 bits per heavy atom. The predicted octanol–water partition coefficient (Wildman–Crippen LogP) is 4.99. The summed E-state index contributed by atoms with van der Waals surface area (Å²) in [6.07, 6.45) is 6.76. The molecule has 2 aromatic rings. The molecule has 0 saturated heterocycles. The van der Waals surface area contributed by atoms with E-state index in [4.69, 9.17) is 0 Å². The van der Waals surface area contributed by atoms with E-state index < -0.39 is 0 Å². The van der Waals surface area contributed by atoms with Crippen LogP contribution in [0.25, 0.3) is 0 Å². The molecule has 1 aliphatic carbocycles. The molecule has 0 bridgehead atoms. The maximum atomic E-state index is 12.4. The third kappa shape index (κ3) is 4.59. The Kier molecular flexibility index (Phi) is 5.07. The van der Waals surface area contributed by atoms with E-state index in [1.54, 1.807) is 12.3 Å². The number of amides is 1. The van der Waals surface area contributed by atoms with E-state index in [-0.39, 0.29) is 11.3 Å². The van der Waals surface area contributed by atoms with Crippen molar-refractivity contribution in [2.75, 3.05) is 10.6 Å². The van der Waals surface area contributed by atoms with Gasteiger partial charge >= 0.3 is 0 Å². The van der Waals surface area contributed by atoms with E-state index >= 15 is 0 Å². The number of rotatable bonds is 4. The van der Waals surface area contributed by atoms with Gasteiger partial charge < -0.3 is 10.6 Å². The molecule has 3 rings (SSSR count). The number of pyridine rings is 1. The Morgan fingerprint density at radius 2 is 1.64 bits per heavy atom. The zero-order valence-electron chi connectivity index (χ0n) is 15.3. The lowest BCUT2D eigenvalue weighted by atomic mass is 9.87. The van der Waals surface area contributed by atoms with Gasteiger partial charge in [0.05, 0.1) is 11.9 Å². The molecule has 0 radical (unpaired) electrons. The largest absolute Gasteiger partial charge is 0.381 e. The molecule has 0 aliphatic heterocycles. The van der Waals surface area contributed by atoms with Gasteiger partial charge in [-0.25, -0.2) is 4.98 Å². The topological polar surface area (TPSA) is 54.0 Å². The molecule has 4 heteroatoms. The lowest BCUT2D eigenvalue weighted by Gasteiger charge is -2.19. The van der Waals surface area contributed by atoms with Crippen molar-refractivity contribution in [3.8, 4) is 0 Å². The molecule has 2 N–H and O–H groups in total. The number of benzene rings is 1. The SMILES string of the molecule is CC(C)(C)c1ccc(NC(=O)c2ccc(NC3CCCC3)cn2)cc1. The van der Waals surface area contributed by atoms with Crippen LogP contribution in [0.2, 0.25) is 0 Å². The van der Waals surface area contributed by atoms with Crippen molar-refractivity contribution in [3.63, 3.8) is 0 Å². The van der Waals surface area contributed by atoms with Crippen molar-refractivity contribution >= 4 is 17.3 Å². The van der Waals surface area contributed by atoms with Crippen LogP contribution in [0.5, 0.6) is 0 Å². The second-order valence-electron chi connectivity index (χ2n) is 7.84. The Hall–Kier alpha value is -2.36. The van der Waals surface area contributed by atoms with Crippen molar-refractivity contribution < 1.29 is 4.79 Å². The Balaban J connectivity index is 1.60. The summed E-state index contributed by atoms with van der Waals surface area (Å²) in [5, 5.41) is 6.39. The maximum Gasteiger partial charge on any atom is 0.274 e. The second-order valence-corrected chi connectivity index (χ2v) is 7.84. The standard InChI is InChI=1S/C21H27N3O/c1-21(2,3)15-8-10-17(11-9-15)24-20(25)19-13-12-18(14-22-19)23-16-6-4-5-7-16/h8-14,16,23H,4-7H2,1-3H3,(H,24,25). The number of carbonyl (C=O) groups excluding carboxylic acids is 1. The second kappa shape index (κ2) is 7.26. The summed E-state index contributed by atoms with van der Waals surface area (Å²) in [5.74, 6) is -0.184. The highest BCUT2D eigenvalue weighted by Gasteiger charge is 2.16. The number of nitrogens with zero attached hydrogens (tertiary/aromatic N) is 1. The summed E-state index contributed by atoms with van der Waals surface area (Å²) in [4.78, 5) is 16.7. The molecule has 1 aliphatic rings. The van der Waals surface area contributed by atoms with Crippen LogP contribution < -0.4 is 10.6 Å². The van der Waals surface area contributed by atoms with Crippen molar-refractivity contribution in [1.29, 1.82) is 0 Å². The van der Waals surface area contributed by atoms with Gasteiger partial charge in [-0.1, -0.05) is 45.7 Å². The fraction of sp³-hybridized carbons (Fsp3) is 0.429. The molecule has 1 aromatic heterocycles. The molecule has 4 nitrogen and oxygen atoms in total. The van der Waals surface area contributed by atoms with E-state index in [0.29, 0.717) is 11.7 Å². The van der Waals surface area contributed by atoms with Gasteiger partial charge in [-0.2, -0.15) is 0 Å². The number of carbonyl (C=O) groups is 1. The van der Waals surface area contributed by atoms with Crippen LogP contribution in [0, 0.1) is 0 Å². The minimum Gasteiger partial charge on any atom is -0.381 e. The molecular formula is C21H27N3O. The van der Waals surface area contributed by atoms with Gasteiger partial charge in [-0.15, -0.1) is 0 Å². The molecule has 1 fully saturated rings. The van der Waals surface area contributed by atoms with E-state index in [1.807, 2.05) is 18.2 Å². The molecule has 0 spiro atoms. The van der Waals surface area contributed by atoms with Crippen molar-refractivity contribution in [3.05, 3.63) is 53.9 Å². The van der Waals surface area contributed by atoms with E-state index in [0.717, 1.165) is 11.4 Å². The van der Waals surface area contributed by atoms with E-state index in [2.05, 4.69) is 48.5 Å². The van der Waals surface area contributed by atoms with Crippen LogP contribution in [-0.4, -0.2) is 16.9 Å². The fourth-order valence-electron chi connectivity index (χ4n) is 3.17. The van der Waals surface area contributed by atoms with Crippen molar-refractivity contribution in [1.82, 2.24) is 4.98 Å². The fourth-order valence-corrected chi connectivity index (χ4v) is 3.17. The molecule has 0 unspecified atom stereocenters. The molecular weight excluding hydrogens is 310 g/mol. The van der Waals surface area contributed by atoms with Gasteiger partial charge in [0.1, 0.15) is 5.69 Å². The number of anilines is 2. The van der Waals surface area contributed by atoms with Gasteiger partial charge in [-0.3, -0.25) is 4.79 Å². The van der Waals surface area contributed by atoms with Crippen LogP contribution in [0.3, 0.4) is 0 Å². The lowest BCUT2D eigenvalue weighted by Crippen LogP contribution is -2.16. The van der Waals surface area contributed by atoms with Crippen molar-refractivity contribution in [2.24, 2.45) is 0 Å². The van der Waals surface area contributed by atoms with Gasteiger partial charge in [0, 0.05) is 11.7 Å². The maximum absolute atomic E-state index is 12.4. The van der Waals surface area contributed by atoms with Gasteiger partial charge in [0.25, 0.3) is 5.91 Å². The highest BCUT2D eigenvalue weighted by atomic mass is 16.1. The first-order valence-corrected chi connectivity index (χ1v) is 9.06. The van der Waals surface area contributed by atoms with Crippen LogP contribution in [0.15, 0.2) is 42.6 Å². The number of aromatic nitrogens is 1. The smallest absolute Gasteiger partial charge is 0.274 e. The predicted molar refractivity (Wildman–Crippen MR) is 103 cm³/mol. The zero-order valence-corrected chi connectivity index (χ0v) is 15.3. The Morgan fingerprint density at radius 3 is 2.20 bits per heavy atom. The van der Waals surface area contributed by atoms with Gasteiger partial charge in [-0.05, 0) is 48.1 Å².